The normalized spacial score (nSPS) is 10.9. The van der Waals surface area contributed by atoms with Crippen molar-refractivity contribution in [2.75, 3.05) is 0 Å². The van der Waals surface area contributed by atoms with Crippen LogP contribution in [0.15, 0.2) is 179 Å². The van der Waals surface area contributed by atoms with Crippen molar-refractivity contribution in [1.82, 2.24) is 19.3 Å². The molecule has 3 heterocycles. The molecule has 0 aliphatic heterocycles. The molecule has 59 heavy (non-hydrogen) atoms. The molecule has 0 N–H and O–H groups in total. The highest BCUT2D eigenvalue weighted by Gasteiger charge is 2.15. The van der Waals surface area contributed by atoms with E-state index < -0.39 is 0 Å². The first-order valence-electron chi connectivity index (χ1n) is 20.4. The van der Waals surface area contributed by atoms with Crippen LogP contribution in [-0.4, -0.2) is 19.3 Å². The molecule has 0 saturated carbocycles. The lowest BCUT2D eigenvalue weighted by molar-refractivity contribution is 0.571. The van der Waals surface area contributed by atoms with Gasteiger partial charge in [-0.2, -0.15) is 0 Å². The molecule has 0 fully saturated rings. The van der Waals surface area contributed by atoms with Gasteiger partial charge in [-0.25, -0.2) is 0 Å². The number of unbranched alkanes of at least 4 members (excludes halogenated alkanes) is 5. The highest BCUT2D eigenvalue weighted by Crippen LogP contribution is 2.36. The second kappa shape index (κ2) is 16.9. The third-order valence-electron chi connectivity index (χ3n) is 11.1. The van der Waals surface area contributed by atoms with E-state index in [0.29, 0.717) is 11.8 Å². The Labute approximate surface area is 355 Å². The van der Waals surface area contributed by atoms with Crippen LogP contribution in [0.2, 0.25) is 0 Å². The van der Waals surface area contributed by atoms with Crippen LogP contribution in [0, 0.1) is 0 Å². The zero-order valence-electron chi connectivity index (χ0n) is 33.1. The zero-order chi connectivity index (χ0) is 40.0. The molecule has 0 aliphatic carbocycles. The average molecular weight is 779 g/mol. The Bertz CT molecular complexity index is 3260. The van der Waals surface area contributed by atoms with Gasteiger partial charge in [-0.1, -0.05) is 118 Å². The molecule has 6 aromatic carbocycles. The van der Waals surface area contributed by atoms with Gasteiger partial charge in [0.1, 0.15) is 0 Å². The number of benzene rings is 6. The maximum atomic E-state index is 6.22. The summed E-state index contributed by atoms with van der Waals surface area (Å²) in [5.41, 5.74) is 27.5. The van der Waals surface area contributed by atoms with Crippen molar-refractivity contribution >= 4 is 49.8 Å². The van der Waals surface area contributed by atoms with Gasteiger partial charge in [0, 0.05) is 61.7 Å². The Morgan fingerprint density at radius 2 is 1.02 bits per heavy atom. The van der Waals surface area contributed by atoms with E-state index in [9.17, 15) is 0 Å². The van der Waals surface area contributed by atoms with Gasteiger partial charge in [0.2, 0.25) is 11.8 Å². The van der Waals surface area contributed by atoms with E-state index >= 15 is 0 Å². The molecule has 0 saturated heterocycles. The second-order valence-corrected chi connectivity index (χ2v) is 14.8. The van der Waals surface area contributed by atoms with Gasteiger partial charge in [-0.3, -0.25) is 0 Å². The van der Waals surface area contributed by atoms with Crippen LogP contribution in [-0.2, 0) is 6.54 Å². The molecule has 0 aliphatic rings. The minimum absolute atomic E-state index is 0. The summed E-state index contributed by atoms with van der Waals surface area (Å²) in [6, 6.07) is 47.2. The minimum atomic E-state index is 0. The van der Waals surface area contributed by atoms with Gasteiger partial charge in [0.05, 0.1) is 17.2 Å². The summed E-state index contributed by atoms with van der Waals surface area (Å²) in [4.78, 5) is 0. The number of aromatic nitrogens is 4. The predicted octanol–water partition coefficient (Wildman–Crippen LogP) is 16.3. The molecule has 0 bridgehead atoms. The number of aryl methyl sites for hydroxylation is 1. The van der Waals surface area contributed by atoms with Crippen molar-refractivity contribution in [3.05, 3.63) is 174 Å². The maximum Gasteiger partial charge on any atom is 0.248 e. The number of rotatable bonds is 12. The second-order valence-electron chi connectivity index (χ2n) is 14.8. The number of para-hydroxylation sites is 2. The Morgan fingerprint density at radius 1 is 0.525 bits per heavy atom. The van der Waals surface area contributed by atoms with Crippen molar-refractivity contribution in [3.8, 4) is 45.2 Å². The number of hydrogen-bond acceptors (Lipinski definition) is 3. The SMILES string of the molecule is C=C=C=C=C=C=C=Cn1c2ccccc2c2cc(-c3ccc(-c4nnc(-c5ccc(-c6ccc7c(c6)c6ccccc6n7CCCCCCCC)cc5)o4)cc3)ccc21.[HH].[HH].[HH].[HH].[HH].[HH].[HH].[HH]. The predicted molar refractivity (Wildman–Crippen MR) is 260 cm³/mol. The van der Waals surface area contributed by atoms with Crippen molar-refractivity contribution in [2.24, 2.45) is 0 Å². The third kappa shape index (κ3) is 7.54. The molecule has 3 aromatic heterocycles. The summed E-state index contributed by atoms with van der Waals surface area (Å²) in [6.07, 6.45) is 9.62. The quantitative estimate of drug-likeness (QED) is 0.0917. The fourth-order valence-electron chi connectivity index (χ4n) is 8.15. The van der Waals surface area contributed by atoms with Gasteiger partial charge in [0.15, 0.2) is 0 Å². The molecule has 0 amide bonds. The minimum Gasteiger partial charge on any atom is -0.416 e. The highest BCUT2D eigenvalue weighted by molar-refractivity contribution is 6.11. The molecule has 9 aromatic rings. The number of fused-ring (bicyclic) bond motifs is 6. The molecule has 0 atom stereocenters. The monoisotopic (exact) mass is 778 g/mol. The van der Waals surface area contributed by atoms with Crippen LogP contribution < -0.4 is 0 Å². The van der Waals surface area contributed by atoms with Crippen LogP contribution >= 0.6 is 0 Å². The Morgan fingerprint density at radius 3 is 1.68 bits per heavy atom. The van der Waals surface area contributed by atoms with E-state index in [0.717, 1.165) is 56.2 Å². The molecule has 5 heteroatoms. The smallest absolute Gasteiger partial charge is 0.248 e. The van der Waals surface area contributed by atoms with Crippen LogP contribution in [0.5, 0.6) is 0 Å². The summed E-state index contributed by atoms with van der Waals surface area (Å²) in [6.45, 7) is 6.79. The standard InChI is InChI=1S/C54H42N4O.8H2/c1-3-5-7-9-11-17-35-57-49-21-15-13-19-45(49)47-37-43(31-33-51(47)57)39-23-27-41(28-24-39)53-55-56-54(59-53)42-29-25-40(26-30-42)44-32-34-52-48(38-44)46-20-14-16-22-50(46)58(52)36-18-12-10-8-6-4-2;;;;;;;;/h13-16,19-35,37-38H,1,4,6,8,10,12,18,36H2,2H3;8*1H. The summed E-state index contributed by atoms with van der Waals surface area (Å²) < 4.78 is 10.8. The third-order valence-corrected chi connectivity index (χ3v) is 11.1. The topological polar surface area (TPSA) is 48.8 Å². The van der Waals surface area contributed by atoms with E-state index in [1.807, 2.05) is 24.4 Å². The Hall–Kier alpha value is -7.52. The fourth-order valence-corrected chi connectivity index (χ4v) is 8.15. The molecule has 5 nitrogen and oxygen atoms in total. The highest BCUT2D eigenvalue weighted by atomic mass is 16.4. The maximum absolute atomic E-state index is 6.22. The summed E-state index contributed by atoms with van der Waals surface area (Å²) >= 11 is 0. The average Bonchev–Trinajstić information content (AvgIpc) is 3.99. The fraction of sp³-hybridized carbons (Fsp3) is 0.148. The Kier molecular flexibility index (Phi) is 10.6. The first kappa shape index (κ1) is 37.1. The Balaban J connectivity index is 0.00000281. The molecular formula is C54H58N4O. The van der Waals surface area contributed by atoms with Crippen LogP contribution in [0.3, 0.4) is 0 Å². The van der Waals surface area contributed by atoms with Crippen molar-refractivity contribution < 1.29 is 15.8 Å². The van der Waals surface area contributed by atoms with E-state index in [2.05, 4.69) is 182 Å². The van der Waals surface area contributed by atoms with E-state index in [4.69, 9.17) is 4.42 Å². The number of nitrogens with zero attached hydrogens (tertiary/aromatic N) is 4. The lowest BCUT2D eigenvalue weighted by Crippen LogP contribution is -1.97. The van der Waals surface area contributed by atoms with Gasteiger partial charge in [0.25, 0.3) is 0 Å². The van der Waals surface area contributed by atoms with Gasteiger partial charge in [-0.15, -0.1) is 10.2 Å². The van der Waals surface area contributed by atoms with Crippen molar-refractivity contribution in [1.29, 1.82) is 0 Å². The first-order valence-corrected chi connectivity index (χ1v) is 20.4. The summed E-state index contributed by atoms with van der Waals surface area (Å²) in [5, 5.41) is 13.8. The van der Waals surface area contributed by atoms with Crippen LogP contribution in [0.1, 0.15) is 56.9 Å². The first-order chi connectivity index (χ1) is 29.2. The van der Waals surface area contributed by atoms with Crippen molar-refractivity contribution in [3.63, 3.8) is 0 Å². The van der Waals surface area contributed by atoms with E-state index in [-0.39, 0.29) is 11.4 Å². The van der Waals surface area contributed by atoms with E-state index in [1.54, 1.807) is 0 Å². The molecule has 300 valence electrons. The summed E-state index contributed by atoms with van der Waals surface area (Å²) in [5.74, 6) is 0.975. The van der Waals surface area contributed by atoms with Crippen molar-refractivity contribution in [2.45, 2.75) is 52.0 Å². The van der Waals surface area contributed by atoms with Crippen LogP contribution in [0.4, 0.5) is 0 Å². The summed E-state index contributed by atoms with van der Waals surface area (Å²) in [7, 11) is 0. The molecule has 9 rings (SSSR count). The largest absolute Gasteiger partial charge is 0.416 e. The molecule has 0 spiro atoms. The number of hydrogen-bond donors (Lipinski definition) is 0. The molecule has 0 radical (unpaired) electrons. The van der Waals surface area contributed by atoms with E-state index in [1.165, 1.54) is 65.9 Å². The van der Waals surface area contributed by atoms with Crippen LogP contribution in [0.25, 0.3) is 95.0 Å². The van der Waals surface area contributed by atoms with Gasteiger partial charge in [-0.05, 0) is 125 Å². The molecular weight excluding hydrogens is 721 g/mol. The molecule has 0 unspecified atom stereocenters. The van der Waals surface area contributed by atoms with Gasteiger partial charge >= 0.3 is 0 Å². The lowest BCUT2D eigenvalue weighted by atomic mass is 10.0. The zero-order valence-corrected chi connectivity index (χ0v) is 33.1. The lowest BCUT2D eigenvalue weighted by Gasteiger charge is -2.08. The van der Waals surface area contributed by atoms with Gasteiger partial charge < -0.3 is 13.6 Å².